The van der Waals surface area contributed by atoms with E-state index in [0.717, 1.165) is 37.3 Å². The Labute approximate surface area is 125 Å². The number of hydrogen-bond donors (Lipinski definition) is 0. The number of rotatable bonds is 2. The molecular formula is C18H19N3. The molecule has 0 radical (unpaired) electrons. The van der Waals surface area contributed by atoms with Gasteiger partial charge in [-0.05, 0) is 37.0 Å². The monoisotopic (exact) mass is 277 g/mol. The molecule has 1 aromatic heterocycles. The van der Waals surface area contributed by atoms with Gasteiger partial charge in [-0.1, -0.05) is 36.4 Å². The molecule has 0 saturated carbocycles. The Kier molecular flexibility index (Phi) is 3.62. The van der Waals surface area contributed by atoms with E-state index in [9.17, 15) is 5.26 Å². The molecule has 0 unspecified atom stereocenters. The minimum Gasteiger partial charge on any atom is -0.356 e. The molecule has 0 atom stereocenters. The zero-order valence-corrected chi connectivity index (χ0v) is 12.3. The van der Waals surface area contributed by atoms with Crippen LogP contribution in [-0.4, -0.2) is 18.1 Å². The fourth-order valence-corrected chi connectivity index (χ4v) is 2.99. The fraction of sp³-hybridized carbons (Fsp3) is 0.333. The van der Waals surface area contributed by atoms with Gasteiger partial charge in [-0.3, -0.25) is 0 Å². The summed E-state index contributed by atoms with van der Waals surface area (Å²) in [6, 6.07) is 16.9. The zero-order chi connectivity index (χ0) is 14.7. The van der Waals surface area contributed by atoms with Crippen LogP contribution in [-0.2, 0) is 5.41 Å². The molecule has 0 amide bonds. The van der Waals surface area contributed by atoms with Crippen LogP contribution in [0.2, 0.25) is 0 Å². The van der Waals surface area contributed by atoms with Crippen LogP contribution < -0.4 is 4.90 Å². The Bertz CT molecular complexity index is 632. The van der Waals surface area contributed by atoms with E-state index in [2.05, 4.69) is 40.2 Å². The standard InChI is InChI=1S/C18H19N3/c1-15-7-8-17(20-13-15)21-11-9-18(14-19,10-12-21)16-5-3-2-4-6-16/h2-8,13H,9-12H2,1H3. The van der Waals surface area contributed by atoms with Crippen molar-refractivity contribution in [1.29, 1.82) is 5.26 Å². The highest BCUT2D eigenvalue weighted by molar-refractivity contribution is 5.42. The number of nitrogens with zero attached hydrogens (tertiary/aromatic N) is 3. The fourth-order valence-electron chi connectivity index (χ4n) is 2.99. The van der Waals surface area contributed by atoms with Gasteiger partial charge in [-0.15, -0.1) is 0 Å². The molecule has 1 aliphatic rings. The van der Waals surface area contributed by atoms with Gasteiger partial charge in [0, 0.05) is 19.3 Å². The maximum absolute atomic E-state index is 9.70. The second-order valence-corrected chi connectivity index (χ2v) is 5.74. The highest BCUT2D eigenvalue weighted by atomic mass is 15.2. The first-order valence-corrected chi connectivity index (χ1v) is 7.38. The smallest absolute Gasteiger partial charge is 0.128 e. The number of piperidine rings is 1. The van der Waals surface area contributed by atoms with Crippen LogP contribution in [0.4, 0.5) is 5.82 Å². The predicted octanol–water partition coefficient (Wildman–Crippen LogP) is 3.45. The molecular weight excluding hydrogens is 258 g/mol. The third-order valence-electron chi connectivity index (χ3n) is 4.38. The third-order valence-corrected chi connectivity index (χ3v) is 4.38. The van der Waals surface area contributed by atoms with Gasteiger partial charge in [0.15, 0.2) is 0 Å². The number of aromatic nitrogens is 1. The molecule has 21 heavy (non-hydrogen) atoms. The molecule has 3 nitrogen and oxygen atoms in total. The van der Waals surface area contributed by atoms with E-state index in [1.807, 2.05) is 31.3 Å². The van der Waals surface area contributed by atoms with E-state index in [1.165, 1.54) is 5.56 Å². The highest BCUT2D eigenvalue weighted by Crippen LogP contribution is 2.35. The first kappa shape index (κ1) is 13.6. The van der Waals surface area contributed by atoms with Crippen LogP contribution in [0, 0.1) is 18.3 Å². The summed E-state index contributed by atoms with van der Waals surface area (Å²) in [6.45, 7) is 3.79. The predicted molar refractivity (Wildman–Crippen MR) is 84.2 cm³/mol. The van der Waals surface area contributed by atoms with Gasteiger partial charge in [-0.2, -0.15) is 5.26 Å². The van der Waals surface area contributed by atoms with E-state index in [0.29, 0.717) is 0 Å². The topological polar surface area (TPSA) is 39.9 Å². The maximum Gasteiger partial charge on any atom is 0.128 e. The van der Waals surface area contributed by atoms with E-state index in [1.54, 1.807) is 0 Å². The van der Waals surface area contributed by atoms with Crippen molar-refractivity contribution in [2.24, 2.45) is 0 Å². The van der Waals surface area contributed by atoms with Crippen molar-refractivity contribution in [2.75, 3.05) is 18.0 Å². The van der Waals surface area contributed by atoms with Gasteiger partial charge in [-0.25, -0.2) is 4.98 Å². The molecule has 0 spiro atoms. The molecule has 1 aliphatic heterocycles. The lowest BCUT2D eigenvalue weighted by molar-refractivity contribution is 0.414. The summed E-state index contributed by atoms with van der Waals surface area (Å²) in [5, 5.41) is 9.70. The van der Waals surface area contributed by atoms with Gasteiger partial charge in [0.05, 0.1) is 11.5 Å². The van der Waals surface area contributed by atoms with E-state index in [-0.39, 0.29) is 5.41 Å². The summed E-state index contributed by atoms with van der Waals surface area (Å²) in [6.07, 6.45) is 3.60. The zero-order valence-electron chi connectivity index (χ0n) is 12.3. The molecule has 3 heteroatoms. The van der Waals surface area contributed by atoms with Crippen molar-refractivity contribution in [2.45, 2.75) is 25.2 Å². The number of nitriles is 1. The van der Waals surface area contributed by atoms with Crippen LogP contribution in [0.1, 0.15) is 24.0 Å². The Morgan fingerprint density at radius 2 is 1.81 bits per heavy atom. The van der Waals surface area contributed by atoms with Crippen molar-refractivity contribution >= 4 is 5.82 Å². The summed E-state index contributed by atoms with van der Waals surface area (Å²) in [4.78, 5) is 6.77. The summed E-state index contributed by atoms with van der Waals surface area (Å²) in [5.41, 5.74) is 1.97. The van der Waals surface area contributed by atoms with Crippen LogP contribution in [0.25, 0.3) is 0 Å². The molecule has 1 saturated heterocycles. The lowest BCUT2D eigenvalue weighted by Crippen LogP contribution is -2.42. The molecule has 2 aromatic rings. The minimum absolute atomic E-state index is 0.345. The second-order valence-electron chi connectivity index (χ2n) is 5.74. The average Bonchev–Trinajstić information content (AvgIpc) is 2.56. The largest absolute Gasteiger partial charge is 0.356 e. The van der Waals surface area contributed by atoms with E-state index in [4.69, 9.17) is 0 Å². The molecule has 1 aromatic carbocycles. The SMILES string of the molecule is Cc1ccc(N2CCC(C#N)(c3ccccc3)CC2)nc1. The molecule has 2 heterocycles. The average molecular weight is 277 g/mol. The van der Waals surface area contributed by atoms with Gasteiger partial charge >= 0.3 is 0 Å². The maximum atomic E-state index is 9.70. The lowest BCUT2D eigenvalue weighted by atomic mass is 9.74. The van der Waals surface area contributed by atoms with Crippen molar-refractivity contribution in [3.63, 3.8) is 0 Å². The van der Waals surface area contributed by atoms with Crippen molar-refractivity contribution in [3.05, 3.63) is 59.8 Å². The summed E-state index contributed by atoms with van der Waals surface area (Å²) < 4.78 is 0. The number of aryl methyl sites for hydroxylation is 1. The summed E-state index contributed by atoms with van der Waals surface area (Å²) in [7, 11) is 0. The summed E-state index contributed by atoms with van der Waals surface area (Å²) >= 11 is 0. The first-order chi connectivity index (χ1) is 10.2. The van der Waals surface area contributed by atoms with E-state index < -0.39 is 0 Å². The van der Waals surface area contributed by atoms with Crippen LogP contribution in [0.15, 0.2) is 48.7 Å². The van der Waals surface area contributed by atoms with Gasteiger partial charge in [0.25, 0.3) is 0 Å². The van der Waals surface area contributed by atoms with Crippen LogP contribution >= 0.6 is 0 Å². The Balaban J connectivity index is 1.77. The van der Waals surface area contributed by atoms with Crippen molar-refractivity contribution < 1.29 is 0 Å². The lowest BCUT2D eigenvalue weighted by Gasteiger charge is -2.38. The second kappa shape index (κ2) is 5.57. The normalized spacial score (nSPS) is 17.2. The minimum atomic E-state index is -0.345. The van der Waals surface area contributed by atoms with Gasteiger partial charge < -0.3 is 4.90 Å². The Morgan fingerprint density at radius 1 is 1.10 bits per heavy atom. The molecule has 1 fully saturated rings. The molecule has 0 N–H and O–H groups in total. The van der Waals surface area contributed by atoms with Crippen molar-refractivity contribution in [3.8, 4) is 6.07 Å². The quantitative estimate of drug-likeness (QED) is 0.844. The number of hydrogen-bond acceptors (Lipinski definition) is 3. The van der Waals surface area contributed by atoms with Crippen LogP contribution in [0.3, 0.4) is 0 Å². The number of pyridine rings is 1. The number of benzene rings is 1. The third kappa shape index (κ3) is 2.62. The summed E-state index contributed by atoms with van der Waals surface area (Å²) in [5.74, 6) is 1.01. The van der Waals surface area contributed by atoms with E-state index >= 15 is 0 Å². The molecule has 3 rings (SSSR count). The van der Waals surface area contributed by atoms with Gasteiger partial charge in [0.1, 0.15) is 5.82 Å². The molecule has 0 aliphatic carbocycles. The Morgan fingerprint density at radius 3 is 2.38 bits per heavy atom. The van der Waals surface area contributed by atoms with Crippen LogP contribution in [0.5, 0.6) is 0 Å². The number of anilines is 1. The van der Waals surface area contributed by atoms with Crippen molar-refractivity contribution in [1.82, 2.24) is 4.98 Å². The molecule has 106 valence electrons. The Hall–Kier alpha value is -2.34. The highest BCUT2D eigenvalue weighted by Gasteiger charge is 2.36. The van der Waals surface area contributed by atoms with Gasteiger partial charge in [0.2, 0.25) is 0 Å². The molecule has 0 bridgehead atoms. The first-order valence-electron chi connectivity index (χ1n) is 7.38.